The summed E-state index contributed by atoms with van der Waals surface area (Å²) in [6.45, 7) is 19.3. The number of ether oxygens (including phenoxy) is 2. The molecule has 0 aromatic heterocycles. The van der Waals surface area contributed by atoms with Crippen LogP contribution in [-0.4, -0.2) is 20.0 Å². The maximum Gasteiger partial charge on any atom is 0.188 e. The van der Waals surface area contributed by atoms with Gasteiger partial charge in [-0.25, -0.2) is 0 Å². The first-order chi connectivity index (χ1) is 19.8. The lowest BCUT2D eigenvalue weighted by molar-refractivity contribution is -0.154. The van der Waals surface area contributed by atoms with Gasteiger partial charge in [-0.15, -0.1) is 0 Å². The van der Waals surface area contributed by atoms with Gasteiger partial charge >= 0.3 is 0 Å². The number of hydrogen-bond donors (Lipinski definition) is 0. The van der Waals surface area contributed by atoms with E-state index in [0.717, 1.165) is 0 Å². The van der Waals surface area contributed by atoms with E-state index in [9.17, 15) is 0 Å². The summed E-state index contributed by atoms with van der Waals surface area (Å²) in [5, 5.41) is 2.63. The van der Waals surface area contributed by atoms with Gasteiger partial charge in [0.25, 0.3) is 0 Å². The Morgan fingerprint density at radius 1 is 0.667 bits per heavy atom. The van der Waals surface area contributed by atoms with Crippen LogP contribution in [0.4, 0.5) is 0 Å². The summed E-state index contributed by atoms with van der Waals surface area (Å²) < 4.78 is 13.0. The minimum atomic E-state index is -0.749. The van der Waals surface area contributed by atoms with Crippen molar-refractivity contribution in [3.63, 3.8) is 0 Å². The topological polar surface area (TPSA) is 18.5 Å². The summed E-state index contributed by atoms with van der Waals surface area (Å²) in [5.74, 6) is 0.574. The van der Waals surface area contributed by atoms with E-state index in [1.54, 1.807) is 5.56 Å². The minimum absolute atomic E-state index is 0.0207. The second-order valence-corrected chi connectivity index (χ2v) is 15.3. The number of fused-ring (bicyclic) bond motifs is 14. The molecule has 0 heterocycles. The average molecular weight is 557 g/mol. The zero-order valence-corrected chi connectivity index (χ0v) is 26.9. The van der Waals surface area contributed by atoms with Crippen LogP contribution in [0.1, 0.15) is 112 Å². The Hall–Kier alpha value is -2.94. The molecule has 1 saturated carbocycles. The second kappa shape index (κ2) is 7.76. The molecule has 4 aromatic carbocycles. The van der Waals surface area contributed by atoms with E-state index in [0.29, 0.717) is 17.8 Å². The van der Waals surface area contributed by atoms with Crippen LogP contribution in [0.3, 0.4) is 0 Å². The summed E-state index contributed by atoms with van der Waals surface area (Å²) in [4.78, 5) is 0. The minimum Gasteiger partial charge on any atom is -0.351 e. The van der Waals surface area contributed by atoms with Gasteiger partial charge in [-0.2, -0.15) is 0 Å². The third kappa shape index (κ3) is 2.53. The van der Waals surface area contributed by atoms with Crippen molar-refractivity contribution in [1.82, 2.24) is 0 Å². The van der Waals surface area contributed by atoms with Crippen molar-refractivity contribution in [2.45, 2.75) is 101 Å². The molecule has 4 unspecified atom stereocenters. The van der Waals surface area contributed by atoms with Gasteiger partial charge in [-0.3, -0.25) is 0 Å². The highest BCUT2D eigenvalue weighted by molar-refractivity contribution is 5.99. The summed E-state index contributed by atoms with van der Waals surface area (Å²) in [6, 6.07) is 26.0. The van der Waals surface area contributed by atoms with Crippen LogP contribution >= 0.6 is 0 Å². The number of rotatable bonds is 3. The van der Waals surface area contributed by atoms with Crippen molar-refractivity contribution < 1.29 is 9.47 Å². The molecule has 0 aliphatic heterocycles. The molecule has 0 radical (unpaired) electrons. The molecule has 2 heteroatoms. The molecule has 4 aliphatic rings. The lowest BCUT2D eigenvalue weighted by Gasteiger charge is -2.35. The van der Waals surface area contributed by atoms with Crippen LogP contribution in [0, 0.1) is 0 Å². The van der Waals surface area contributed by atoms with Gasteiger partial charge in [-0.1, -0.05) is 108 Å². The van der Waals surface area contributed by atoms with Crippen LogP contribution in [0.25, 0.3) is 21.9 Å². The maximum atomic E-state index is 6.49. The Kier molecular flexibility index (Phi) is 4.93. The first-order valence-electron chi connectivity index (χ1n) is 15.8. The smallest absolute Gasteiger partial charge is 0.188 e. The molecule has 216 valence electrons. The van der Waals surface area contributed by atoms with Crippen LogP contribution in [-0.2, 0) is 31.1 Å². The Morgan fingerprint density at radius 2 is 1.33 bits per heavy atom. The first kappa shape index (κ1) is 26.7. The number of hydrogen-bond acceptors (Lipinski definition) is 2. The van der Waals surface area contributed by atoms with Gasteiger partial charge in [0.1, 0.15) is 0 Å². The Morgan fingerprint density at radius 3 is 2.02 bits per heavy atom. The summed E-state index contributed by atoms with van der Waals surface area (Å²) in [7, 11) is 3.67. The van der Waals surface area contributed by atoms with Crippen LogP contribution < -0.4 is 0 Å². The van der Waals surface area contributed by atoms with Gasteiger partial charge in [0.2, 0.25) is 0 Å². The first-order valence-corrected chi connectivity index (χ1v) is 15.8. The van der Waals surface area contributed by atoms with E-state index < -0.39 is 5.79 Å². The normalized spacial score (nSPS) is 29.9. The molecule has 0 N–H and O–H groups in total. The van der Waals surface area contributed by atoms with Gasteiger partial charge in [-0.05, 0) is 91.4 Å². The Balaban J connectivity index is 1.51. The molecule has 0 bridgehead atoms. The molecule has 42 heavy (non-hydrogen) atoms. The fraction of sp³-hybridized carbons (Fsp3) is 0.450. The van der Waals surface area contributed by atoms with Crippen molar-refractivity contribution >= 4 is 10.8 Å². The van der Waals surface area contributed by atoms with Crippen molar-refractivity contribution in [3.05, 3.63) is 106 Å². The Bertz CT molecular complexity index is 1840. The van der Waals surface area contributed by atoms with Gasteiger partial charge in [0, 0.05) is 26.1 Å². The van der Waals surface area contributed by atoms with E-state index in [1.807, 2.05) is 14.2 Å². The van der Waals surface area contributed by atoms with E-state index >= 15 is 0 Å². The van der Waals surface area contributed by atoms with Gasteiger partial charge < -0.3 is 9.47 Å². The molecule has 0 amide bonds. The quantitative estimate of drug-likeness (QED) is 0.234. The van der Waals surface area contributed by atoms with Crippen LogP contribution in [0.2, 0.25) is 0 Å². The largest absolute Gasteiger partial charge is 0.351 e. The maximum absolute atomic E-state index is 6.49. The van der Waals surface area contributed by atoms with Gasteiger partial charge in [0.05, 0.1) is 10.8 Å². The SMILES string of the molecule is COC1(OC)C2(C)c3ccc4c(c3-c3ccc5cc(C(C)C)ccc5c3C12C)C1C(c2ccccc2C1(C)C)C4(C)C. The fourth-order valence-corrected chi connectivity index (χ4v) is 10.9. The number of benzene rings is 4. The third-order valence-electron chi connectivity index (χ3n) is 13.0. The zero-order valence-electron chi connectivity index (χ0n) is 26.9. The van der Waals surface area contributed by atoms with E-state index in [-0.39, 0.29) is 21.7 Å². The Labute approximate surface area is 251 Å². The number of methoxy groups -OCH3 is 2. The summed E-state index contributed by atoms with van der Waals surface area (Å²) in [5.41, 5.74) is 12.4. The van der Waals surface area contributed by atoms with E-state index in [1.165, 1.54) is 55.3 Å². The molecule has 4 atom stereocenters. The van der Waals surface area contributed by atoms with E-state index in [4.69, 9.17) is 9.47 Å². The van der Waals surface area contributed by atoms with Crippen molar-refractivity contribution in [2.24, 2.45) is 0 Å². The standard InChI is InChI=1S/C40H44O2/c1-22(2)23-15-17-25-24(21-23)16-18-27-31-30(38(7)39(8,33(25)27)40(38,41-9)42-10)20-19-29-32(31)35-34(37(29,5)6)26-13-11-12-14-28(26)36(35,3)4/h11-22,34-35H,1-10H3. The lowest BCUT2D eigenvalue weighted by atomic mass is 9.66. The van der Waals surface area contributed by atoms with Crippen LogP contribution in [0.5, 0.6) is 0 Å². The average Bonchev–Trinajstić information content (AvgIpc) is 3.14. The van der Waals surface area contributed by atoms with Gasteiger partial charge in [0.15, 0.2) is 5.79 Å². The lowest BCUT2D eigenvalue weighted by Crippen LogP contribution is -2.27. The van der Waals surface area contributed by atoms with Crippen molar-refractivity contribution in [3.8, 4) is 11.1 Å². The molecule has 0 spiro atoms. The second-order valence-electron chi connectivity index (χ2n) is 15.3. The molecular formula is C40H44O2. The molecule has 0 saturated heterocycles. The summed E-state index contributed by atoms with van der Waals surface area (Å²) >= 11 is 0. The highest BCUT2D eigenvalue weighted by Crippen LogP contribution is 2.80. The third-order valence-corrected chi connectivity index (χ3v) is 13.0. The molecular weight excluding hydrogens is 512 g/mol. The molecule has 2 nitrogen and oxygen atoms in total. The fourth-order valence-electron chi connectivity index (χ4n) is 10.9. The highest BCUT2D eigenvalue weighted by Gasteiger charge is 2.88. The zero-order chi connectivity index (χ0) is 29.8. The molecule has 1 fully saturated rings. The molecule has 4 aromatic rings. The van der Waals surface area contributed by atoms with Crippen LogP contribution in [0.15, 0.2) is 66.7 Å². The van der Waals surface area contributed by atoms with Crippen molar-refractivity contribution in [2.75, 3.05) is 14.2 Å². The summed E-state index contributed by atoms with van der Waals surface area (Å²) in [6.07, 6.45) is 0. The predicted molar refractivity (Wildman–Crippen MR) is 173 cm³/mol. The monoisotopic (exact) mass is 556 g/mol. The predicted octanol–water partition coefficient (Wildman–Crippen LogP) is 9.61. The molecule has 4 aliphatic carbocycles. The highest BCUT2D eigenvalue weighted by atomic mass is 16.7. The van der Waals surface area contributed by atoms with Crippen molar-refractivity contribution in [1.29, 1.82) is 0 Å². The molecule has 8 rings (SSSR count). The van der Waals surface area contributed by atoms with E-state index in [2.05, 4.69) is 122 Å².